The smallest absolute Gasteiger partial charge is 0.217 e. The molecule has 0 saturated carbocycles. The molecule has 0 unspecified atom stereocenters. The van der Waals surface area contributed by atoms with E-state index in [0.717, 1.165) is 32.4 Å². The number of quaternary nitrogens is 1. The minimum atomic E-state index is -4.16. The molecule has 1 saturated heterocycles. The lowest BCUT2D eigenvalue weighted by atomic mass is 10.1. The van der Waals surface area contributed by atoms with E-state index < -0.39 is 10.1 Å². The number of rotatable bonds is 6. The molecule has 6 nitrogen and oxygen atoms in total. The summed E-state index contributed by atoms with van der Waals surface area (Å²) in [4.78, 5) is 10.8. The lowest BCUT2D eigenvalue weighted by Gasteiger charge is -2.41. The van der Waals surface area contributed by atoms with E-state index in [4.69, 9.17) is 0 Å². The molecule has 1 fully saturated rings. The van der Waals surface area contributed by atoms with Crippen molar-refractivity contribution in [3.8, 4) is 0 Å². The van der Waals surface area contributed by atoms with Crippen LogP contribution in [-0.2, 0) is 14.9 Å². The van der Waals surface area contributed by atoms with Gasteiger partial charge in [-0.3, -0.25) is 4.79 Å². The third kappa shape index (κ3) is 5.79. The molecule has 1 aliphatic heterocycles. The average molecular weight is 278 g/mol. The van der Waals surface area contributed by atoms with Crippen molar-refractivity contribution >= 4 is 16.0 Å². The molecule has 0 aromatic carbocycles. The second-order valence-electron chi connectivity index (χ2n) is 5.04. The molecule has 0 aliphatic carbocycles. The highest BCUT2D eigenvalue weighted by atomic mass is 32.2. The van der Waals surface area contributed by atoms with Crippen molar-refractivity contribution in [3.05, 3.63) is 0 Å². The lowest BCUT2D eigenvalue weighted by molar-refractivity contribution is -0.929. The van der Waals surface area contributed by atoms with E-state index in [9.17, 15) is 17.8 Å². The van der Waals surface area contributed by atoms with Crippen LogP contribution in [0.2, 0.25) is 0 Å². The highest BCUT2D eigenvalue weighted by Gasteiger charge is 2.29. The zero-order chi connectivity index (χ0) is 13.6. The van der Waals surface area contributed by atoms with Gasteiger partial charge in [0.25, 0.3) is 0 Å². The second-order valence-corrected chi connectivity index (χ2v) is 6.57. The number of nitrogens with one attached hydrogen (secondary N) is 1. The Morgan fingerprint density at radius 1 is 1.22 bits per heavy atom. The Hall–Kier alpha value is -0.660. The van der Waals surface area contributed by atoms with E-state index in [1.165, 1.54) is 6.92 Å². The fourth-order valence-electron chi connectivity index (χ4n) is 2.52. The van der Waals surface area contributed by atoms with Crippen LogP contribution in [0, 0.1) is 0 Å². The van der Waals surface area contributed by atoms with Crippen LogP contribution in [0.15, 0.2) is 0 Å². The van der Waals surface area contributed by atoms with Gasteiger partial charge >= 0.3 is 0 Å². The van der Waals surface area contributed by atoms with Crippen molar-refractivity contribution in [1.29, 1.82) is 0 Å². The van der Waals surface area contributed by atoms with Crippen molar-refractivity contribution in [2.45, 2.75) is 26.2 Å². The highest BCUT2D eigenvalue weighted by molar-refractivity contribution is 7.85. The normalized spacial score (nSPS) is 19.4. The van der Waals surface area contributed by atoms with Gasteiger partial charge in [-0.1, -0.05) is 0 Å². The maximum atomic E-state index is 10.8. The van der Waals surface area contributed by atoms with Crippen LogP contribution >= 0.6 is 0 Å². The van der Waals surface area contributed by atoms with Crippen LogP contribution < -0.4 is 5.32 Å². The molecule has 0 spiro atoms. The molecule has 1 aliphatic rings. The number of nitrogens with zero attached hydrogens (tertiary/aromatic N) is 1. The maximum absolute atomic E-state index is 10.8. The van der Waals surface area contributed by atoms with E-state index in [0.29, 0.717) is 24.1 Å². The van der Waals surface area contributed by atoms with Crippen LogP contribution in [0.3, 0.4) is 0 Å². The third-order valence-corrected chi connectivity index (χ3v) is 4.22. The van der Waals surface area contributed by atoms with Crippen LogP contribution in [-0.4, -0.2) is 61.8 Å². The summed E-state index contributed by atoms with van der Waals surface area (Å²) in [6, 6.07) is 0. The molecule has 0 bridgehead atoms. The molecule has 0 aromatic heterocycles. The molecule has 0 atom stereocenters. The summed E-state index contributed by atoms with van der Waals surface area (Å²) >= 11 is 0. The van der Waals surface area contributed by atoms with Crippen molar-refractivity contribution in [2.75, 3.05) is 38.5 Å². The van der Waals surface area contributed by atoms with Crippen molar-refractivity contribution in [1.82, 2.24) is 5.32 Å². The molecule has 1 rings (SSSR count). The van der Waals surface area contributed by atoms with Gasteiger partial charge in [-0.05, 0) is 19.3 Å². The van der Waals surface area contributed by atoms with Crippen molar-refractivity contribution in [2.24, 2.45) is 0 Å². The van der Waals surface area contributed by atoms with Gasteiger partial charge in [0.15, 0.2) is 0 Å². The second kappa shape index (κ2) is 6.49. The van der Waals surface area contributed by atoms with E-state index in [1.807, 2.05) is 0 Å². The number of piperidine rings is 1. The number of carbonyl (C=O) groups is 1. The topological polar surface area (TPSA) is 86.3 Å². The van der Waals surface area contributed by atoms with E-state index in [-0.39, 0.29) is 11.7 Å². The van der Waals surface area contributed by atoms with Gasteiger partial charge in [0, 0.05) is 6.92 Å². The molecule has 7 heteroatoms. The van der Waals surface area contributed by atoms with Crippen LogP contribution in [0.5, 0.6) is 0 Å². The van der Waals surface area contributed by atoms with Gasteiger partial charge < -0.3 is 14.4 Å². The first-order valence-corrected chi connectivity index (χ1v) is 7.94. The Morgan fingerprint density at radius 2 is 1.83 bits per heavy atom. The number of amides is 1. The monoisotopic (exact) mass is 278 g/mol. The fraction of sp³-hybridized carbons (Fsp3) is 0.909. The van der Waals surface area contributed by atoms with E-state index in [1.54, 1.807) is 0 Å². The zero-order valence-electron chi connectivity index (χ0n) is 10.9. The standard InChI is InChI=1S/C11H22N2O4S/c1-11(14)12-5-8-13(6-3-2-4-7-13)9-10-18(15,16)17/h2-10H2,1H3,(H-,12,14,15,16,17). The Balaban J connectivity index is 2.54. The number of hydrogen-bond donors (Lipinski definition) is 1. The molecule has 1 heterocycles. The molecule has 0 aromatic rings. The third-order valence-electron chi connectivity index (χ3n) is 3.54. The summed E-state index contributed by atoms with van der Waals surface area (Å²) < 4.78 is 32.9. The Labute approximate surface area is 109 Å². The summed E-state index contributed by atoms with van der Waals surface area (Å²) in [6.07, 6.45) is 3.27. The summed E-state index contributed by atoms with van der Waals surface area (Å²) in [5.41, 5.74) is 0. The molecule has 106 valence electrons. The van der Waals surface area contributed by atoms with Gasteiger partial charge in [-0.2, -0.15) is 0 Å². The molecule has 18 heavy (non-hydrogen) atoms. The molecule has 1 N–H and O–H groups in total. The predicted molar refractivity (Wildman–Crippen MR) is 66.8 cm³/mol. The first-order chi connectivity index (χ1) is 8.33. The minimum absolute atomic E-state index is 0.0818. The van der Waals surface area contributed by atoms with Crippen LogP contribution in [0.1, 0.15) is 26.2 Å². The largest absolute Gasteiger partial charge is 0.748 e. The van der Waals surface area contributed by atoms with Crippen molar-refractivity contribution in [3.63, 3.8) is 0 Å². The lowest BCUT2D eigenvalue weighted by Crippen LogP contribution is -2.56. The van der Waals surface area contributed by atoms with E-state index >= 15 is 0 Å². The summed E-state index contributed by atoms with van der Waals surface area (Å²) in [7, 11) is -4.16. The van der Waals surface area contributed by atoms with Crippen LogP contribution in [0.25, 0.3) is 0 Å². The minimum Gasteiger partial charge on any atom is -0.748 e. The predicted octanol–water partition coefficient (Wildman–Crippen LogP) is -0.332. The van der Waals surface area contributed by atoms with Crippen LogP contribution in [0.4, 0.5) is 0 Å². The van der Waals surface area contributed by atoms with Gasteiger partial charge in [0.1, 0.15) is 10.1 Å². The fourth-order valence-corrected chi connectivity index (χ4v) is 3.13. The SMILES string of the molecule is CC(=O)NCC[N+]1(CCS(=O)(=O)[O-])CCCCC1. The summed E-state index contributed by atoms with van der Waals surface area (Å²) in [6.45, 7) is 4.86. The van der Waals surface area contributed by atoms with Gasteiger partial charge in [-0.15, -0.1) is 0 Å². The zero-order valence-corrected chi connectivity index (χ0v) is 11.7. The highest BCUT2D eigenvalue weighted by Crippen LogP contribution is 2.18. The Kier molecular flexibility index (Phi) is 5.55. The maximum Gasteiger partial charge on any atom is 0.217 e. The average Bonchev–Trinajstić information content (AvgIpc) is 2.27. The quantitative estimate of drug-likeness (QED) is 0.532. The molecular weight excluding hydrogens is 256 g/mol. The molecule has 1 amide bonds. The number of likely N-dealkylation sites (tertiary alicyclic amines) is 1. The Morgan fingerprint density at radius 3 is 2.33 bits per heavy atom. The summed E-state index contributed by atoms with van der Waals surface area (Å²) in [5.74, 6) is -0.394. The first-order valence-electron chi connectivity index (χ1n) is 6.36. The number of hydrogen-bond acceptors (Lipinski definition) is 4. The van der Waals surface area contributed by atoms with Crippen molar-refractivity contribution < 1.29 is 22.2 Å². The van der Waals surface area contributed by atoms with Gasteiger partial charge in [0.05, 0.1) is 38.5 Å². The molecular formula is C11H22N2O4S. The first kappa shape index (κ1) is 15.4. The van der Waals surface area contributed by atoms with E-state index in [2.05, 4.69) is 5.32 Å². The van der Waals surface area contributed by atoms with Gasteiger partial charge in [0.2, 0.25) is 5.91 Å². The molecule has 0 radical (unpaired) electrons. The van der Waals surface area contributed by atoms with Gasteiger partial charge in [-0.25, -0.2) is 8.42 Å². The number of carbonyl (C=O) groups excluding carboxylic acids is 1. The summed E-state index contributed by atoms with van der Waals surface area (Å²) in [5, 5.41) is 2.73. The Bertz CT molecular complexity index is 375.